The molecule has 0 radical (unpaired) electrons. The van der Waals surface area contributed by atoms with Crippen molar-refractivity contribution in [3.63, 3.8) is 0 Å². The van der Waals surface area contributed by atoms with Crippen molar-refractivity contribution in [1.82, 2.24) is 0 Å². The van der Waals surface area contributed by atoms with Crippen molar-refractivity contribution in [3.05, 3.63) is 0 Å². The van der Waals surface area contributed by atoms with Crippen LogP contribution in [-0.2, 0) is 9.59 Å². The minimum atomic E-state index is -0.546. The lowest BCUT2D eigenvalue weighted by molar-refractivity contribution is -0.179. The summed E-state index contributed by atoms with van der Waals surface area (Å²) in [7, 11) is 0. The fourth-order valence-corrected chi connectivity index (χ4v) is 10.8. The fraction of sp³-hybridized carbons (Fsp3) is 0.947. The first-order valence-corrected chi connectivity index (χ1v) is 18.6. The predicted octanol–water partition coefficient (Wildman–Crippen LogP) is 11.0. The molecule has 0 aromatic rings. The van der Waals surface area contributed by atoms with Gasteiger partial charge in [0.1, 0.15) is 0 Å². The highest BCUT2D eigenvalue weighted by atomic mass is 16.2. The van der Waals surface area contributed by atoms with Crippen LogP contribution >= 0.6 is 0 Å². The minimum Gasteiger partial charge on any atom is -0.297 e. The number of Topliss-reactive ketones (excluding diaryl/α,β-unsaturated/α-hetero) is 2. The first-order chi connectivity index (χ1) is 19.5. The van der Waals surface area contributed by atoms with Crippen LogP contribution in [0, 0.1) is 46.3 Å². The van der Waals surface area contributed by atoms with Crippen molar-refractivity contribution in [1.29, 1.82) is 0 Å². The van der Waals surface area contributed by atoms with Gasteiger partial charge in [-0.2, -0.15) is 0 Å². The van der Waals surface area contributed by atoms with Crippen LogP contribution in [-0.4, -0.2) is 11.6 Å². The number of carbonyl (C=O) groups excluding carboxylic acids is 2. The first-order valence-electron chi connectivity index (χ1n) is 18.6. The van der Waals surface area contributed by atoms with E-state index in [-0.39, 0.29) is 0 Å². The van der Waals surface area contributed by atoms with Crippen LogP contribution in [0.1, 0.15) is 181 Å². The fourth-order valence-electron chi connectivity index (χ4n) is 10.8. The SMILES string of the molecule is CCCCCCC1CCC(C2CCC3(CC2)C(=O)C2(CCC(C4CCC(CCCCCC)CC4)CC2)C3=O)CC1. The van der Waals surface area contributed by atoms with Gasteiger partial charge < -0.3 is 0 Å². The zero-order valence-electron chi connectivity index (χ0n) is 26.7. The molecule has 5 fully saturated rings. The molecule has 0 heterocycles. The molecule has 5 saturated carbocycles. The Labute approximate surface area is 248 Å². The van der Waals surface area contributed by atoms with E-state index in [0.29, 0.717) is 11.6 Å². The average Bonchev–Trinajstić information content (AvgIpc) is 3.02. The maximum atomic E-state index is 13.9. The monoisotopic (exact) mass is 552 g/mol. The van der Waals surface area contributed by atoms with Crippen LogP contribution < -0.4 is 0 Å². The van der Waals surface area contributed by atoms with Crippen LogP contribution in [0.15, 0.2) is 0 Å². The van der Waals surface area contributed by atoms with Crippen molar-refractivity contribution in [3.8, 4) is 0 Å². The van der Waals surface area contributed by atoms with Crippen LogP contribution in [0.2, 0.25) is 0 Å². The standard InChI is InChI=1S/C38H64O2/c1-3-5-7-9-11-29-13-17-31(18-14-29)33-21-25-37(26-22-33)35(39)38(36(37)40)27-23-34(24-28-38)32-19-15-30(16-20-32)12-10-8-6-4-2/h29-34H,3-28H2,1-2H3. The Morgan fingerprint density at radius 3 is 1.10 bits per heavy atom. The Balaban J connectivity index is 1.02. The molecule has 0 saturated heterocycles. The Morgan fingerprint density at radius 2 is 0.775 bits per heavy atom. The second-order valence-corrected chi connectivity index (χ2v) is 15.8. The molecule has 0 aromatic heterocycles. The van der Waals surface area contributed by atoms with Crippen molar-refractivity contribution in [2.24, 2.45) is 46.3 Å². The number of ketones is 2. The van der Waals surface area contributed by atoms with E-state index in [1.807, 2.05) is 0 Å². The largest absolute Gasteiger partial charge is 0.297 e. The highest BCUT2D eigenvalue weighted by Crippen LogP contribution is 2.63. The number of rotatable bonds is 12. The Kier molecular flexibility index (Phi) is 10.9. The van der Waals surface area contributed by atoms with Gasteiger partial charge in [0.25, 0.3) is 0 Å². The highest BCUT2D eigenvalue weighted by molar-refractivity contribution is 6.30. The van der Waals surface area contributed by atoms with E-state index in [2.05, 4.69) is 13.8 Å². The normalized spacial score (nSPS) is 40.5. The second kappa shape index (κ2) is 14.2. The maximum absolute atomic E-state index is 13.9. The van der Waals surface area contributed by atoms with E-state index in [1.165, 1.54) is 116 Å². The van der Waals surface area contributed by atoms with Crippen LogP contribution in [0.25, 0.3) is 0 Å². The smallest absolute Gasteiger partial charge is 0.159 e. The van der Waals surface area contributed by atoms with Crippen LogP contribution in [0.3, 0.4) is 0 Å². The summed E-state index contributed by atoms with van der Waals surface area (Å²) in [6.07, 6.45) is 33.6. The van der Waals surface area contributed by atoms with Gasteiger partial charge in [-0.25, -0.2) is 0 Å². The van der Waals surface area contributed by atoms with Gasteiger partial charge in [-0.05, 0) is 113 Å². The van der Waals surface area contributed by atoms with Gasteiger partial charge >= 0.3 is 0 Å². The summed E-state index contributed by atoms with van der Waals surface area (Å²) in [4.78, 5) is 27.7. The lowest BCUT2D eigenvalue weighted by atomic mass is 9.41. The van der Waals surface area contributed by atoms with E-state index in [9.17, 15) is 9.59 Å². The molecule has 5 aliphatic rings. The molecule has 228 valence electrons. The zero-order chi connectivity index (χ0) is 28.0. The van der Waals surface area contributed by atoms with Gasteiger partial charge in [-0.1, -0.05) is 104 Å². The van der Waals surface area contributed by atoms with Gasteiger partial charge in [0.05, 0.1) is 10.8 Å². The topological polar surface area (TPSA) is 34.1 Å². The van der Waals surface area contributed by atoms with Crippen molar-refractivity contribution < 1.29 is 9.59 Å². The van der Waals surface area contributed by atoms with E-state index >= 15 is 0 Å². The molecule has 0 unspecified atom stereocenters. The molecule has 0 atom stereocenters. The van der Waals surface area contributed by atoms with Gasteiger partial charge in [0.15, 0.2) is 11.6 Å². The van der Waals surface area contributed by atoms with E-state index in [1.54, 1.807) is 0 Å². The van der Waals surface area contributed by atoms with Crippen molar-refractivity contribution >= 4 is 11.6 Å². The number of unbranched alkanes of at least 4 members (excludes halogenated alkanes) is 6. The summed E-state index contributed by atoms with van der Waals surface area (Å²) in [6, 6.07) is 0. The number of hydrogen-bond acceptors (Lipinski definition) is 2. The maximum Gasteiger partial charge on any atom is 0.159 e. The molecule has 2 spiro atoms. The van der Waals surface area contributed by atoms with Gasteiger partial charge in [0.2, 0.25) is 0 Å². The molecular weight excluding hydrogens is 488 g/mol. The summed E-state index contributed by atoms with van der Waals surface area (Å²) >= 11 is 0. The van der Waals surface area contributed by atoms with E-state index in [4.69, 9.17) is 0 Å². The third-order valence-corrected chi connectivity index (χ3v) is 13.6. The van der Waals surface area contributed by atoms with Crippen LogP contribution in [0.4, 0.5) is 0 Å². The van der Waals surface area contributed by atoms with Gasteiger partial charge in [-0.3, -0.25) is 9.59 Å². The number of carbonyl (C=O) groups is 2. The molecule has 2 heteroatoms. The minimum absolute atomic E-state index is 0.411. The third kappa shape index (κ3) is 6.46. The van der Waals surface area contributed by atoms with E-state index < -0.39 is 10.8 Å². The molecule has 5 rings (SSSR count). The molecular formula is C38H64O2. The van der Waals surface area contributed by atoms with Gasteiger partial charge in [0, 0.05) is 0 Å². The molecule has 0 bridgehead atoms. The zero-order valence-corrected chi connectivity index (χ0v) is 26.7. The first kappa shape index (κ1) is 30.8. The average molecular weight is 553 g/mol. The summed E-state index contributed by atoms with van der Waals surface area (Å²) in [6.45, 7) is 4.60. The summed E-state index contributed by atoms with van der Waals surface area (Å²) in [5, 5.41) is 0. The summed E-state index contributed by atoms with van der Waals surface area (Å²) in [5.41, 5.74) is -1.09. The van der Waals surface area contributed by atoms with Gasteiger partial charge in [-0.15, -0.1) is 0 Å². The summed E-state index contributed by atoms with van der Waals surface area (Å²) < 4.78 is 0. The predicted molar refractivity (Wildman–Crippen MR) is 167 cm³/mol. The second-order valence-electron chi connectivity index (χ2n) is 15.8. The van der Waals surface area contributed by atoms with E-state index in [0.717, 1.165) is 86.9 Å². The molecule has 0 amide bonds. The lowest BCUT2D eigenvalue weighted by Gasteiger charge is -2.58. The highest BCUT2D eigenvalue weighted by Gasteiger charge is 2.71. The molecule has 40 heavy (non-hydrogen) atoms. The lowest BCUT2D eigenvalue weighted by Crippen LogP contribution is -2.68. The van der Waals surface area contributed by atoms with Crippen LogP contribution in [0.5, 0.6) is 0 Å². The number of hydrogen-bond donors (Lipinski definition) is 0. The molecule has 2 nitrogen and oxygen atoms in total. The molecule has 5 aliphatic carbocycles. The third-order valence-electron chi connectivity index (χ3n) is 13.6. The molecule has 0 N–H and O–H groups in total. The van der Waals surface area contributed by atoms with Crippen molar-refractivity contribution in [2.75, 3.05) is 0 Å². The summed E-state index contributed by atoms with van der Waals surface area (Å²) in [5.74, 6) is 6.05. The quantitative estimate of drug-likeness (QED) is 0.178. The Bertz CT molecular complexity index is 711. The van der Waals surface area contributed by atoms with Crippen molar-refractivity contribution in [2.45, 2.75) is 181 Å². The Morgan fingerprint density at radius 1 is 0.450 bits per heavy atom. The molecule has 0 aliphatic heterocycles. The Hall–Kier alpha value is -0.660. The molecule has 0 aromatic carbocycles.